The number of hydrogen-bond acceptors (Lipinski definition) is 2. The van der Waals surface area contributed by atoms with Gasteiger partial charge < -0.3 is 10.3 Å². The van der Waals surface area contributed by atoms with Crippen molar-refractivity contribution >= 4 is 16.6 Å². The standard InChI is InChI=1S/C13H14N2O/c16-13-11-7-2-1-4-9(11)8-12(15-13)14-10-5-3-6-10/h1-2,4,7-8,10H,3,5-6H2,(H2,14,15,16). The van der Waals surface area contributed by atoms with Gasteiger partial charge in [-0.15, -0.1) is 0 Å². The summed E-state index contributed by atoms with van der Waals surface area (Å²) in [5.74, 6) is 0.841. The third-order valence-corrected chi connectivity index (χ3v) is 3.22. The summed E-state index contributed by atoms with van der Waals surface area (Å²) >= 11 is 0. The number of aromatic amines is 1. The lowest BCUT2D eigenvalue weighted by Crippen LogP contribution is -2.28. The van der Waals surface area contributed by atoms with Crippen LogP contribution in [0, 0.1) is 0 Å². The molecule has 0 aliphatic heterocycles. The molecule has 1 heterocycles. The van der Waals surface area contributed by atoms with Crippen molar-refractivity contribution in [1.29, 1.82) is 0 Å². The first-order valence-corrected chi connectivity index (χ1v) is 5.71. The predicted octanol–water partition coefficient (Wildman–Crippen LogP) is 2.49. The van der Waals surface area contributed by atoms with Crippen LogP contribution in [0.4, 0.5) is 5.82 Å². The lowest BCUT2D eigenvalue weighted by atomic mass is 9.93. The number of pyridine rings is 1. The molecule has 2 aromatic rings. The van der Waals surface area contributed by atoms with Gasteiger partial charge in [-0.1, -0.05) is 18.2 Å². The van der Waals surface area contributed by atoms with Gasteiger partial charge in [-0.3, -0.25) is 4.79 Å². The topological polar surface area (TPSA) is 44.9 Å². The van der Waals surface area contributed by atoms with Gasteiger partial charge in [0.05, 0.1) is 0 Å². The molecule has 16 heavy (non-hydrogen) atoms. The summed E-state index contributed by atoms with van der Waals surface area (Å²) in [4.78, 5) is 14.7. The Bertz CT molecular complexity index is 569. The minimum Gasteiger partial charge on any atom is -0.369 e. The lowest BCUT2D eigenvalue weighted by Gasteiger charge is -2.27. The van der Waals surface area contributed by atoms with Crippen LogP contribution in [-0.4, -0.2) is 11.0 Å². The van der Waals surface area contributed by atoms with E-state index >= 15 is 0 Å². The van der Waals surface area contributed by atoms with Crippen LogP contribution in [0.25, 0.3) is 10.8 Å². The van der Waals surface area contributed by atoms with Gasteiger partial charge in [0.15, 0.2) is 0 Å². The highest BCUT2D eigenvalue weighted by molar-refractivity contribution is 5.83. The zero-order valence-electron chi connectivity index (χ0n) is 8.99. The van der Waals surface area contributed by atoms with Gasteiger partial charge in [-0.2, -0.15) is 0 Å². The largest absolute Gasteiger partial charge is 0.369 e. The zero-order chi connectivity index (χ0) is 11.0. The minimum absolute atomic E-state index is 0.0140. The number of anilines is 1. The molecular weight excluding hydrogens is 200 g/mol. The van der Waals surface area contributed by atoms with Crippen LogP contribution in [-0.2, 0) is 0 Å². The number of fused-ring (bicyclic) bond motifs is 1. The van der Waals surface area contributed by atoms with Crippen molar-refractivity contribution in [1.82, 2.24) is 4.98 Å². The Morgan fingerprint density at radius 2 is 2.06 bits per heavy atom. The van der Waals surface area contributed by atoms with Gasteiger partial charge in [0, 0.05) is 11.4 Å². The second-order valence-corrected chi connectivity index (χ2v) is 4.37. The summed E-state index contributed by atoms with van der Waals surface area (Å²) in [6.07, 6.45) is 3.69. The minimum atomic E-state index is -0.0140. The van der Waals surface area contributed by atoms with E-state index in [0.29, 0.717) is 6.04 Å². The van der Waals surface area contributed by atoms with E-state index in [1.165, 1.54) is 19.3 Å². The van der Waals surface area contributed by atoms with Gasteiger partial charge in [0.1, 0.15) is 5.82 Å². The van der Waals surface area contributed by atoms with Crippen LogP contribution >= 0.6 is 0 Å². The van der Waals surface area contributed by atoms with Gasteiger partial charge in [-0.25, -0.2) is 0 Å². The molecule has 0 amide bonds. The van der Waals surface area contributed by atoms with Gasteiger partial charge in [0.2, 0.25) is 0 Å². The second-order valence-electron chi connectivity index (χ2n) is 4.37. The van der Waals surface area contributed by atoms with E-state index in [2.05, 4.69) is 10.3 Å². The first-order valence-electron chi connectivity index (χ1n) is 5.71. The predicted molar refractivity (Wildman–Crippen MR) is 65.8 cm³/mol. The molecule has 3 heteroatoms. The number of hydrogen-bond donors (Lipinski definition) is 2. The number of aromatic nitrogens is 1. The van der Waals surface area contributed by atoms with Crippen molar-refractivity contribution in [3.63, 3.8) is 0 Å². The number of benzene rings is 1. The Kier molecular flexibility index (Phi) is 2.17. The monoisotopic (exact) mass is 214 g/mol. The maximum Gasteiger partial charge on any atom is 0.257 e. The van der Waals surface area contributed by atoms with Crippen LogP contribution in [0.3, 0.4) is 0 Å². The average molecular weight is 214 g/mol. The summed E-state index contributed by atoms with van der Waals surface area (Å²) in [7, 11) is 0. The van der Waals surface area contributed by atoms with Crippen molar-refractivity contribution in [3.8, 4) is 0 Å². The van der Waals surface area contributed by atoms with Crippen molar-refractivity contribution in [2.45, 2.75) is 25.3 Å². The molecule has 0 unspecified atom stereocenters. The Morgan fingerprint density at radius 1 is 1.25 bits per heavy atom. The number of rotatable bonds is 2. The Labute approximate surface area is 93.5 Å². The molecule has 0 bridgehead atoms. The Hall–Kier alpha value is -1.77. The third kappa shape index (κ3) is 1.58. The molecule has 1 aliphatic carbocycles. The first-order chi connectivity index (χ1) is 7.83. The molecule has 1 aromatic carbocycles. The zero-order valence-corrected chi connectivity index (χ0v) is 8.99. The molecule has 0 atom stereocenters. The molecule has 0 saturated heterocycles. The molecule has 0 radical (unpaired) electrons. The fourth-order valence-electron chi connectivity index (χ4n) is 2.06. The summed E-state index contributed by atoms with van der Waals surface area (Å²) in [6.45, 7) is 0. The first kappa shape index (κ1) is 9.46. The SMILES string of the molecule is O=c1[nH]c(NC2CCC2)cc2ccccc12. The fraction of sp³-hybridized carbons (Fsp3) is 0.308. The van der Waals surface area contributed by atoms with Gasteiger partial charge >= 0.3 is 0 Å². The van der Waals surface area contributed by atoms with E-state index in [1.54, 1.807) is 0 Å². The Balaban J connectivity index is 2.03. The summed E-state index contributed by atoms with van der Waals surface area (Å²) in [6, 6.07) is 10.2. The highest BCUT2D eigenvalue weighted by Gasteiger charge is 2.17. The normalized spacial score (nSPS) is 16.0. The van der Waals surface area contributed by atoms with Crippen LogP contribution in [0.1, 0.15) is 19.3 Å². The molecule has 1 aliphatic rings. The van der Waals surface area contributed by atoms with Crippen molar-refractivity contribution in [2.75, 3.05) is 5.32 Å². The fourth-order valence-corrected chi connectivity index (χ4v) is 2.06. The van der Waals surface area contributed by atoms with Gasteiger partial charge in [0.25, 0.3) is 5.56 Å². The molecule has 0 spiro atoms. The summed E-state index contributed by atoms with van der Waals surface area (Å²) < 4.78 is 0. The highest BCUT2D eigenvalue weighted by atomic mass is 16.1. The highest BCUT2D eigenvalue weighted by Crippen LogP contribution is 2.22. The van der Waals surface area contributed by atoms with E-state index in [-0.39, 0.29) is 5.56 Å². The molecule has 3 nitrogen and oxygen atoms in total. The third-order valence-electron chi connectivity index (χ3n) is 3.22. The number of H-pyrrole nitrogens is 1. The Morgan fingerprint density at radius 3 is 2.81 bits per heavy atom. The molecule has 1 aromatic heterocycles. The maximum absolute atomic E-state index is 11.8. The second kappa shape index (κ2) is 3.67. The molecule has 82 valence electrons. The van der Waals surface area contributed by atoms with E-state index in [9.17, 15) is 4.79 Å². The number of nitrogens with one attached hydrogen (secondary N) is 2. The molecular formula is C13H14N2O. The van der Waals surface area contributed by atoms with Crippen LogP contribution in [0.2, 0.25) is 0 Å². The summed E-state index contributed by atoms with van der Waals surface area (Å²) in [5, 5.41) is 5.10. The molecule has 2 N–H and O–H groups in total. The van der Waals surface area contributed by atoms with Gasteiger partial charge in [-0.05, 0) is 36.8 Å². The molecule has 3 rings (SSSR count). The van der Waals surface area contributed by atoms with Crippen LogP contribution in [0.15, 0.2) is 35.1 Å². The van der Waals surface area contributed by atoms with Crippen LogP contribution in [0.5, 0.6) is 0 Å². The maximum atomic E-state index is 11.8. The smallest absolute Gasteiger partial charge is 0.257 e. The summed E-state index contributed by atoms with van der Waals surface area (Å²) in [5.41, 5.74) is -0.0140. The van der Waals surface area contributed by atoms with E-state index in [4.69, 9.17) is 0 Å². The molecule has 1 fully saturated rings. The molecule has 1 saturated carbocycles. The van der Waals surface area contributed by atoms with Crippen molar-refractivity contribution in [3.05, 3.63) is 40.7 Å². The van der Waals surface area contributed by atoms with Crippen molar-refractivity contribution in [2.24, 2.45) is 0 Å². The quantitative estimate of drug-likeness (QED) is 0.806. The lowest BCUT2D eigenvalue weighted by molar-refractivity contribution is 0.444. The van der Waals surface area contributed by atoms with E-state index < -0.39 is 0 Å². The average Bonchev–Trinajstić information content (AvgIpc) is 2.24. The van der Waals surface area contributed by atoms with E-state index in [0.717, 1.165) is 16.6 Å². The van der Waals surface area contributed by atoms with E-state index in [1.807, 2.05) is 30.3 Å². The van der Waals surface area contributed by atoms with Crippen molar-refractivity contribution < 1.29 is 0 Å². The van der Waals surface area contributed by atoms with Crippen LogP contribution < -0.4 is 10.9 Å².